The molecule has 2 heterocycles. The van der Waals surface area contributed by atoms with Crippen LogP contribution in [0, 0.1) is 5.82 Å². The number of hydrogen-bond acceptors (Lipinski definition) is 4. The summed E-state index contributed by atoms with van der Waals surface area (Å²) < 4.78 is 20.2. The first-order valence-corrected chi connectivity index (χ1v) is 9.44. The summed E-state index contributed by atoms with van der Waals surface area (Å²) in [5.41, 5.74) is 1.39. The molecule has 0 aliphatic heterocycles. The van der Waals surface area contributed by atoms with Gasteiger partial charge in [-0.25, -0.2) is 9.37 Å². The third-order valence-corrected chi connectivity index (χ3v) is 5.30. The summed E-state index contributed by atoms with van der Waals surface area (Å²) >= 11 is 1.30. The summed E-state index contributed by atoms with van der Waals surface area (Å²) in [6, 6.07) is 18.3. The Hall–Kier alpha value is -2.99. The molecule has 27 heavy (non-hydrogen) atoms. The predicted molar refractivity (Wildman–Crippen MR) is 104 cm³/mol. The molecule has 0 aliphatic rings. The van der Waals surface area contributed by atoms with E-state index in [4.69, 9.17) is 4.42 Å². The molecule has 1 amide bonds. The Morgan fingerprint density at radius 2 is 1.93 bits per heavy atom. The van der Waals surface area contributed by atoms with Gasteiger partial charge in [-0.1, -0.05) is 47.7 Å². The van der Waals surface area contributed by atoms with E-state index in [-0.39, 0.29) is 23.8 Å². The number of thiazole rings is 1. The standard InChI is InChI=1S/C21H17FN2O2S/c22-17-9-4-10-18-20(17)23-21(27-18)24(14-16-8-5-13-26-16)19(25)12-11-15-6-2-1-3-7-15/h1-10,13H,11-12,14H2. The number of amides is 1. The Labute approximate surface area is 159 Å². The van der Waals surface area contributed by atoms with E-state index in [0.29, 0.717) is 28.4 Å². The molecule has 0 spiro atoms. The van der Waals surface area contributed by atoms with Gasteiger partial charge in [0.15, 0.2) is 5.13 Å². The zero-order valence-electron chi connectivity index (χ0n) is 14.5. The number of carbonyl (C=O) groups is 1. The quantitative estimate of drug-likeness (QED) is 0.462. The van der Waals surface area contributed by atoms with E-state index < -0.39 is 0 Å². The van der Waals surface area contributed by atoms with Gasteiger partial charge in [-0.15, -0.1) is 0 Å². The number of aryl methyl sites for hydroxylation is 1. The summed E-state index contributed by atoms with van der Waals surface area (Å²) in [5, 5.41) is 0.476. The van der Waals surface area contributed by atoms with Crippen LogP contribution in [0.2, 0.25) is 0 Å². The summed E-state index contributed by atoms with van der Waals surface area (Å²) in [5.74, 6) is 0.196. The first kappa shape index (κ1) is 17.4. The maximum absolute atomic E-state index is 14.0. The number of nitrogens with zero attached hydrogens (tertiary/aromatic N) is 2. The van der Waals surface area contributed by atoms with Crippen molar-refractivity contribution >= 4 is 32.6 Å². The lowest BCUT2D eigenvalue weighted by Gasteiger charge is -2.18. The average molecular weight is 380 g/mol. The fourth-order valence-electron chi connectivity index (χ4n) is 2.87. The second-order valence-electron chi connectivity index (χ2n) is 6.13. The van der Waals surface area contributed by atoms with E-state index in [9.17, 15) is 9.18 Å². The van der Waals surface area contributed by atoms with E-state index >= 15 is 0 Å². The van der Waals surface area contributed by atoms with E-state index in [2.05, 4.69) is 4.98 Å². The zero-order valence-corrected chi connectivity index (χ0v) is 15.3. The molecule has 4 nitrogen and oxygen atoms in total. The maximum atomic E-state index is 14.0. The Morgan fingerprint density at radius 1 is 1.07 bits per heavy atom. The summed E-state index contributed by atoms with van der Waals surface area (Å²) in [6.07, 6.45) is 2.54. The fourth-order valence-corrected chi connectivity index (χ4v) is 3.87. The Balaban J connectivity index is 1.61. The summed E-state index contributed by atoms with van der Waals surface area (Å²) in [7, 11) is 0. The molecule has 136 valence electrons. The molecular weight excluding hydrogens is 363 g/mol. The van der Waals surface area contributed by atoms with Gasteiger partial charge in [0.05, 0.1) is 17.5 Å². The van der Waals surface area contributed by atoms with Crippen LogP contribution in [-0.4, -0.2) is 10.9 Å². The number of benzene rings is 2. The molecule has 0 unspecified atom stereocenters. The second kappa shape index (κ2) is 7.72. The minimum atomic E-state index is -0.385. The van der Waals surface area contributed by atoms with Gasteiger partial charge in [0.1, 0.15) is 17.1 Å². The zero-order chi connectivity index (χ0) is 18.6. The van der Waals surface area contributed by atoms with Crippen molar-refractivity contribution in [1.29, 1.82) is 0 Å². The van der Waals surface area contributed by atoms with Crippen LogP contribution >= 0.6 is 11.3 Å². The first-order chi connectivity index (χ1) is 13.2. The molecule has 0 radical (unpaired) electrons. The van der Waals surface area contributed by atoms with E-state index in [1.54, 1.807) is 29.4 Å². The smallest absolute Gasteiger partial charge is 0.229 e. The van der Waals surface area contributed by atoms with Crippen LogP contribution in [0.15, 0.2) is 71.3 Å². The third-order valence-electron chi connectivity index (χ3n) is 4.25. The molecule has 0 atom stereocenters. The predicted octanol–water partition coefficient (Wildman–Crippen LogP) is 5.19. The molecule has 0 aliphatic carbocycles. The van der Waals surface area contributed by atoms with E-state index in [1.807, 2.05) is 36.4 Å². The minimum Gasteiger partial charge on any atom is -0.467 e. The number of rotatable bonds is 6. The lowest BCUT2D eigenvalue weighted by Crippen LogP contribution is -2.30. The Morgan fingerprint density at radius 3 is 2.67 bits per heavy atom. The first-order valence-electron chi connectivity index (χ1n) is 8.62. The van der Waals surface area contributed by atoms with Crippen molar-refractivity contribution in [2.75, 3.05) is 4.90 Å². The van der Waals surface area contributed by atoms with Gasteiger partial charge in [-0.05, 0) is 36.2 Å². The molecule has 6 heteroatoms. The van der Waals surface area contributed by atoms with Gasteiger partial charge in [-0.2, -0.15) is 0 Å². The number of carbonyl (C=O) groups excluding carboxylic acids is 1. The number of aromatic nitrogens is 1. The van der Waals surface area contributed by atoms with Crippen molar-refractivity contribution in [3.05, 3.63) is 84.1 Å². The molecule has 2 aromatic carbocycles. The molecular formula is C21H17FN2O2S. The number of anilines is 1. The number of hydrogen-bond donors (Lipinski definition) is 0. The van der Waals surface area contributed by atoms with Gasteiger partial charge in [0, 0.05) is 6.42 Å². The number of furan rings is 1. The highest BCUT2D eigenvalue weighted by Crippen LogP contribution is 2.31. The van der Waals surface area contributed by atoms with Crippen molar-refractivity contribution in [2.45, 2.75) is 19.4 Å². The largest absolute Gasteiger partial charge is 0.467 e. The van der Waals surface area contributed by atoms with Crippen molar-refractivity contribution in [2.24, 2.45) is 0 Å². The van der Waals surface area contributed by atoms with Crippen molar-refractivity contribution < 1.29 is 13.6 Å². The SMILES string of the molecule is O=C(CCc1ccccc1)N(Cc1ccco1)c1nc2c(F)cccc2s1. The van der Waals surface area contributed by atoms with E-state index in [0.717, 1.165) is 5.56 Å². The lowest BCUT2D eigenvalue weighted by atomic mass is 10.1. The van der Waals surface area contributed by atoms with Gasteiger partial charge in [-0.3, -0.25) is 9.69 Å². The van der Waals surface area contributed by atoms with E-state index in [1.165, 1.54) is 17.4 Å². The van der Waals surface area contributed by atoms with Crippen LogP contribution < -0.4 is 4.90 Å². The Kier molecular flexibility index (Phi) is 4.98. The molecule has 4 rings (SSSR count). The Bertz CT molecular complexity index is 1040. The van der Waals surface area contributed by atoms with Crippen LogP contribution in [0.4, 0.5) is 9.52 Å². The van der Waals surface area contributed by atoms with Crippen molar-refractivity contribution in [3.8, 4) is 0 Å². The second-order valence-corrected chi connectivity index (χ2v) is 7.14. The number of fused-ring (bicyclic) bond motifs is 1. The van der Waals surface area contributed by atoms with Gasteiger partial charge in [0.2, 0.25) is 5.91 Å². The highest BCUT2D eigenvalue weighted by atomic mass is 32.1. The lowest BCUT2D eigenvalue weighted by molar-refractivity contribution is -0.118. The normalized spacial score (nSPS) is 11.0. The molecule has 2 aromatic heterocycles. The molecule has 4 aromatic rings. The minimum absolute atomic E-state index is 0.0743. The highest BCUT2D eigenvalue weighted by molar-refractivity contribution is 7.22. The van der Waals surface area contributed by atoms with Crippen molar-refractivity contribution in [3.63, 3.8) is 0 Å². The van der Waals surface area contributed by atoms with Crippen molar-refractivity contribution in [1.82, 2.24) is 4.98 Å². The summed E-state index contributed by atoms with van der Waals surface area (Å²) in [4.78, 5) is 18.9. The molecule has 0 saturated heterocycles. The van der Waals surface area contributed by atoms with Crippen LogP contribution in [0.25, 0.3) is 10.2 Å². The molecule has 0 N–H and O–H groups in total. The number of halogens is 1. The maximum Gasteiger partial charge on any atom is 0.229 e. The molecule has 0 bridgehead atoms. The van der Waals surface area contributed by atoms with Gasteiger partial charge < -0.3 is 4.42 Å². The monoisotopic (exact) mass is 380 g/mol. The summed E-state index contributed by atoms with van der Waals surface area (Å²) in [6.45, 7) is 0.266. The highest BCUT2D eigenvalue weighted by Gasteiger charge is 2.22. The van der Waals surface area contributed by atoms with Crippen LogP contribution in [0.1, 0.15) is 17.7 Å². The van der Waals surface area contributed by atoms with Gasteiger partial charge >= 0.3 is 0 Å². The van der Waals surface area contributed by atoms with Gasteiger partial charge in [0.25, 0.3) is 0 Å². The average Bonchev–Trinajstić information content (AvgIpc) is 3.35. The third kappa shape index (κ3) is 3.90. The van der Waals surface area contributed by atoms with Crippen LogP contribution in [0.3, 0.4) is 0 Å². The van der Waals surface area contributed by atoms with Crippen LogP contribution in [-0.2, 0) is 17.8 Å². The topological polar surface area (TPSA) is 46.3 Å². The molecule has 0 saturated carbocycles. The fraction of sp³-hybridized carbons (Fsp3) is 0.143. The number of para-hydroxylation sites is 1. The van der Waals surface area contributed by atoms with Crippen LogP contribution in [0.5, 0.6) is 0 Å². The molecule has 0 fully saturated rings.